The Morgan fingerprint density at radius 2 is 2.20 bits per heavy atom. The second-order valence-electron chi connectivity index (χ2n) is 3.06. The third-order valence-electron chi connectivity index (χ3n) is 1.88. The molecule has 4 nitrogen and oxygen atoms in total. The maximum absolute atomic E-state index is 13.0. The fourth-order valence-corrected chi connectivity index (χ4v) is 1.17. The van der Waals surface area contributed by atoms with Gasteiger partial charge in [-0.3, -0.25) is 0 Å². The van der Waals surface area contributed by atoms with Crippen LogP contribution in [0, 0.1) is 5.82 Å². The van der Waals surface area contributed by atoms with Crippen LogP contribution in [0.4, 0.5) is 4.39 Å². The van der Waals surface area contributed by atoms with Gasteiger partial charge in [0.2, 0.25) is 0 Å². The lowest BCUT2D eigenvalue weighted by Crippen LogP contribution is -2.22. The number of benzene rings is 1. The van der Waals surface area contributed by atoms with Gasteiger partial charge in [-0.15, -0.1) is 0 Å². The van der Waals surface area contributed by atoms with Gasteiger partial charge in [-0.1, -0.05) is 0 Å². The molecule has 0 aromatic heterocycles. The van der Waals surface area contributed by atoms with E-state index in [1.807, 2.05) is 0 Å². The molecule has 15 heavy (non-hydrogen) atoms. The molecule has 1 atom stereocenters. The van der Waals surface area contributed by atoms with Gasteiger partial charge in [-0.2, -0.15) is 0 Å². The van der Waals surface area contributed by atoms with E-state index in [0.29, 0.717) is 11.3 Å². The smallest absolute Gasteiger partial charge is 0.332 e. The number of carboxylic acids is 1. The van der Waals surface area contributed by atoms with Crippen LogP contribution in [0.2, 0.25) is 0 Å². The first-order valence-electron chi connectivity index (χ1n) is 4.27. The Bertz CT molecular complexity index is 364. The largest absolute Gasteiger partial charge is 0.497 e. The average molecular weight is 214 g/mol. The van der Waals surface area contributed by atoms with E-state index in [1.54, 1.807) is 0 Å². The summed E-state index contributed by atoms with van der Waals surface area (Å²) in [5, 5.41) is 17.5. The van der Waals surface area contributed by atoms with Crippen LogP contribution >= 0.6 is 0 Å². The lowest BCUT2D eigenvalue weighted by molar-refractivity contribution is -0.146. The number of aliphatic hydroxyl groups excluding tert-OH is 1. The summed E-state index contributed by atoms with van der Waals surface area (Å²) >= 11 is 0. The molecule has 0 spiro atoms. The summed E-state index contributed by atoms with van der Waals surface area (Å²) in [6.45, 7) is 0. The minimum atomic E-state index is -1.53. The SMILES string of the molecule is COc1cc(F)cc(CC(O)C(=O)O)c1. The highest BCUT2D eigenvalue weighted by Crippen LogP contribution is 2.17. The minimum absolute atomic E-state index is 0.149. The molecule has 2 N–H and O–H groups in total. The predicted octanol–water partition coefficient (Wildman–Crippen LogP) is 0.822. The Hall–Kier alpha value is -1.62. The van der Waals surface area contributed by atoms with Crippen molar-refractivity contribution in [1.29, 1.82) is 0 Å². The second kappa shape index (κ2) is 4.75. The van der Waals surface area contributed by atoms with Gasteiger partial charge >= 0.3 is 5.97 Å². The highest BCUT2D eigenvalue weighted by atomic mass is 19.1. The van der Waals surface area contributed by atoms with E-state index < -0.39 is 17.9 Å². The third kappa shape index (κ3) is 3.21. The number of methoxy groups -OCH3 is 1. The quantitative estimate of drug-likeness (QED) is 0.778. The molecule has 1 aromatic carbocycles. The van der Waals surface area contributed by atoms with E-state index in [1.165, 1.54) is 19.2 Å². The molecule has 0 aliphatic heterocycles. The van der Waals surface area contributed by atoms with E-state index in [9.17, 15) is 9.18 Å². The molecule has 0 radical (unpaired) electrons. The summed E-state index contributed by atoms with van der Waals surface area (Å²) in [6.07, 6.45) is -1.68. The van der Waals surface area contributed by atoms with E-state index in [2.05, 4.69) is 0 Å². The van der Waals surface area contributed by atoms with Crippen molar-refractivity contribution >= 4 is 5.97 Å². The first-order valence-corrected chi connectivity index (χ1v) is 4.27. The summed E-state index contributed by atoms with van der Waals surface area (Å²) < 4.78 is 17.8. The van der Waals surface area contributed by atoms with Crippen LogP contribution in [0.1, 0.15) is 5.56 Å². The number of carboxylic acid groups (broad SMARTS) is 1. The van der Waals surface area contributed by atoms with Crippen molar-refractivity contribution in [2.45, 2.75) is 12.5 Å². The van der Waals surface area contributed by atoms with Gasteiger partial charge in [0.05, 0.1) is 7.11 Å². The highest BCUT2D eigenvalue weighted by molar-refractivity contribution is 5.72. The fraction of sp³-hybridized carbons (Fsp3) is 0.300. The Balaban J connectivity index is 2.85. The number of ether oxygens (including phenoxy) is 1. The van der Waals surface area contributed by atoms with Gasteiger partial charge in [-0.25, -0.2) is 9.18 Å². The fourth-order valence-electron chi connectivity index (χ4n) is 1.17. The van der Waals surface area contributed by atoms with Crippen LogP contribution in [0.25, 0.3) is 0 Å². The number of halogens is 1. The molecule has 5 heteroatoms. The van der Waals surface area contributed by atoms with Gasteiger partial charge < -0.3 is 14.9 Å². The monoisotopic (exact) mass is 214 g/mol. The molecule has 0 bridgehead atoms. The summed E-state index contributed by atoms with van der Waals surface area (Å²) in [4.78, 5) is 10.4. The van der Waals surface area contributed by atoms with Gasteiger partial charge in [0.15, 0.2) is 6.10 Å². The topological polar surface area (TPSA) is 66.8 Å². The molecule has 1 aromatic rings. The van der Waals surface area contributed by atoms with Crippen LogP contribution < -0.4 is 4.74 Å². The summed E-state index contributed by atoms with van der Waals surface area (Å²) in [6, 6.07) is 3.82. The van der Waals surface area contributed by atoms with Gasteiger partial charge in [0.25, 0.3) is 0 Å². The zero-order chi connectivity index (χ0) is 11.4. The van der Waals surface area contributed by atoms with Crippen molar-refractivity contribution in [1.82, 2.24) is 0 Å². The number of hydrogen-bond donors (Lipinski definition) is 2. The lowest BCUT2D eigenvalue weighted by atomic mass is 10.1. The minimum Gasteiger partial charge on any atom is -0.497 e. The molecule has 0 saturated heterocycles. The van der Waals surface area contributed by atoms with E-state index in [0.717, 1.165) is 6.07 Å². The van der Waals surface area contributed by atoms with Crippen molar-refractivity contribution in [3.8, 4) is 5.75 Å². The maximum Gasteiger partial charge on any atom is 0.332 e. The lowest BCUT2D eigenvalue weighted by Gasteiger charge is -2.07. The molecular weight excluding hydrogens is 203 g/mol. The van der Waals surface area contributed by atoms with Crippen LogP contribution in [-0.2, 0) is 11.2 Å². The number of aliphatic carboxylic acids is 1. The Kier molecular flexibility index (Phi) is 3.62. The van der Waals surface area contributed by atoms with E-state index >= 15 is 0 Å². The van der Waals surface area contributed by atoms with Crippen LogP contribution in [0.3, 0.4) is 0 Å². The Morgan fingerprint density at radius 3 is 2.73 bits per heavy atom. The molecule has 0 aliphatic carbocycles. The van der Waals surface area contributed by atoms with Crippen LogP contribution in [0.5, 0.6) is 5.75 Å². The van der Waals surface area contributed by atoms with Crippen molar-refractivity contribution in [2.75, 3.05) is 7.11 Å². The zero-order valence-electron chi connectivity index (χ0n) is 8.11. The van der Waals surface area contributed by atoms with E-state index in [4.69, 9.17) is 14.9 Å². The summed E-state index contributed by atoms with van der Waals surface area (Å²) in [5.41, 5.74) is 0.377. The van der Waals surface area contributed by atoms with Crippen molar-refractivity contribution < 1.29 is 24.1 Å². The Labute approximate surface area is 85.9 Å². The molecule has 0 aliphatic rings. The Morgan fingerprint density at radius 1 is 1.53 bits per heavy atom. The number of hydrogen-bond acceptors (Lipinski definition) is 3. The second-order valence-corrected chi connectivity index (χ2v) is 3.06. The van der Waals surface area contributed by atoms with Gasteiger partial charge in [0.1, 0.15) is 11.6 Å². The molecule has 0 fully saturated rings. The average Bonchev–Trinajstić information content (AvgIpc) is 2.16. The number of aliphatic hydroxyl groups is 1. The molecule has 82 valence electrons. The zero-order valence-corrected chi connectivity index (χ0v) is 8.11. The molecular formula is C10H11FO4. The van der Waals surface area contributed by atoms with Crippen LogP contribution in [0.15, 0.2) is 18.2 Å². The molecule has 0 amide bonds. The van der Waals surface area contributed by atoms with Crippen molar-refractivity contribution in [3.05, 3.63) is 29.6 Å². The molecule has 1 unspecified atom stereocenters. The van der Waals surface area contributed by atoms with Crippen molar-refractivity contribution in [3.63, 3.8) is 0 Å². The first-order chi connectivity index (χ1) is 7.02. The van der Waals surface area contributed by atoms with Crippen molar-refractivity contribution in [2.24, 2.45) is 0 Å². The van der Waals surface area contributed by atoms with Crippen LogP contribution in [-0.4, -0.2) is 29.4 Å². The maximum atomic E-state index is 13.0. The predicted molar refractivity (Wildman–Crippen MR) is 50.3 cm³/mol. The number of carbonyl (C=O) groups is 1. The van der Waals surface area contributed by atoms with Gasteiger partial charge in [0, 0.05) is 12.5 Å². The summed E-state index contributed by atoms with van der Waals surface area (Å²) in [7, 11) is 1.38. The normalized spacial score (nSPS) is 12.2. The molecule has 0 saturated carbocycles. The molecule has 1 rings (SSSR count). The standard InChI is InChI=1S/C10H11FO4/c1-15-8-3-6(2-7(11)5-8)4-9(12)10(13)14/h2-3,5,9,12H,4H2,1H3,(H,13,14). The number of rotatable bonds is 4. The first kappa shape index (κ1) is 11.5. The highest BCUT2D eigenvalue weighted by Gasteiger charge is 2.14. The summed E-state index contributed by atoms with van der Waals surface area (Å²) in [5.74, 6) is -1.57. The van der Waals surface area contributed by atoms with Gasteiger partial charge in [-0.05, 0) is 17.7 Å². The third-order valence-corrected chi connectivity index (χ3v) is 1.88. The van der Waals surface area contributed by atoms with E-state index in [-0.39, 0.29) is 6.42 Å². The molecule has 0 heterocycles.